The lowest BCUT2D eigenvalue weighted by atomic mass is 10.2. The lowest BCUT2D eigenvalue weighted by molar-refractivity contribution is 0.0601. The number of hydrogen-bond acceptors (Lipinski definition) is 4. The Bertz CT molecular complexity index is 1060. The number of methoxy groups -OCH3 is 1. The number of carbonyl (C=O) groups excluding carboxylic acids is 1. The lowest BCUT2D eigenvalue weighted by Crippen LogP contribution is -2.33. The van der Waals surface area contributed by atoms with Crippen molar-refractivity contribution < 1.29 is 9.53 Å². The first kappa shape index (κ1) is 16.0. The van der Waals surface area contributed by atoms with Gasteiger partial charge in [-0.3, -0.25) is 9.89 Å². The standard InChI is InChI=1S/C18H16N2O3S/c1-11-4-9-15(24-11)10-16-12(2)19-20(17(16)21)14-7-5-13(6-8-14)18(22)23-3/h4-10,19H,2H2,1,3H3. The Morgan fingerprint density at radius 1 is 1.25 bits per heavy atom. The van der Waals surface area contributed by atoms with Crippen LogP contribution in [0.1, 0.15) is 20.1 Å². The van der Waals surface area contributed by atoms with Crippen LogP contribution in [-0.2, 0) is 4.74 Å². The number of esters is 1. The monoisotopic (exact) mass is 340 g/mol. The molecular formula is C18H16N2O3S. The highest BCUT2D eigenvalue weighted by Gasteiger charge is 2.08. The number of hydrogen-bond donors (Lipinski definition) is 1. The molecule has 0 unspecified atom stereocenters. The predicted octanol–water partition coefficient (Wildman–Crippen LogP) is 1.56. The minimum absolute atomic E-state index is 0.183. The molecule has 5 nitrogen and oxygen atoms in total. The van der Waals surface area contributed by atoms with Crippen LogP contribution < -0.4 is 16.1 Å². The molecule has 122 valence electrons. The average Bonchev–Trinajstić information content (AvgIpc) is 3.12. The SMILES string of the molecule is C=c1[nH]n(-c2ccc(C(=O)OC)cc2)c(=O)c1=Cc1ccc(C)s1. The van der Waals surface area contributed by atoms with E-state index in [2.05, 4.69) is 16.4 Å². The van der Waals surface area contributed by atoms with E-state index >= 15 is 0 Å². The van der Waals surface area contributed by atoms with Crippen molar-refractivity contribution in [2.24, 2.45) is 0 Å². The first-order valence-corrected chi connectivity index (χ1v) is 8.08. The van der Waals surface area contributed by atoms with Crippen molar-refractivity contribution in [3.05, 3.63) is 72.6 Å². The van der Waals surface area contributed by atoms with Crippen LogP contribution >= 0.6 is 11.3 Å². The van der Waals surface area contributed by atoms with E-state index in [9.17, 15) is 9.59 Å². The molecule has 0 saturated heterocycles. The van der Waals surface area contributed by atoms with Gasteiger partial charge in [-0.25, -0.2) is 9.48 Å². The minimum atomic E-state index is -0.416. The van der Waals surface area contributed by atoms with Crippen LogP contribution in [0.2, 0.25) is 0 Å². The summed E-state index contributed by atoms with van der Waals surface area (Å²) < 4.78 is 6.08. The number of aromatic amines is 1. The van der Waals surface area contributed by atoms with E-state index in [0.717, 1.165) is 4.88 Å². The first-order valence-electron chi connectivity index (χ1n) is 7.26. The van der Waals surface area contributed by atoms with Gasteiger partial charge in [-0.2, -0.15) is 0 Å². The second-order valence-corrected chi connectivity index (χ2v) is 6.60. The first-order chi connectivity index (χ1) is 11.5. The second kappa shape index (κ2) is 6.33. The summed E-state index contributed by atoms with van der Waals surface area (Å²) in [5, 5.41) is 4.04. The number of thiophene rings is 1. The number of nitrogens with zero attached hydrogens (tertiary/aromatic N) is 1. The Morgan fingerprint density at radius 2 is 1.96 bits per heavy atom. The molecule has 3 rings (SSSR count). The van der Waals surface area contributed by atoms with Gasteiger partial charge in [-0.15, -0.1) is 11.3 Å². The molecule has 0 aliphatic carbocycles. The van der Waals surface area contributed by atoms with Crippen LogP contribution in [0.3, 0.4) is 0 Å². The maximum atomic E-state index is 12.6. The highest BCUT2D eigenvalue weighted by molar-refractivity contribution is 7.12. The Labute approximate surface area is 142 Å². The van der Waals surface area contributed by atoms with Crippen LogP contribution in [0.25, 0.3) is 18.3 Å². The Balaban J connectivity index is 2.06. The fourth-order valence-corrected chi connectivity index (χ4v) is 3.18. The molecule has 0 saturated carbocycles. The van der Waals surface area contributed by atoms with Crippen molar-refractivity contribution in [3.8, 4) is 5.69 Å². The van der Waals surface area contributed by atoms with Crippen molar-refractivity contribution in [2.45, 2.75) is 6.92 Å². The summed E-state index contributed by atoms with van der Waals surface area (Å²) in [5.41, 5.74) is 0.869. The Kier molecular flexibility index (Phi) is 4.22. The van der Waals surface area contributed by atoms with Gasteiger partial charge in [0.05, 0.1) is 28.9 Å². The summed E-state index contributed by atoms with van der Waals surface area (Å²) in [7, 11) is 1.33. The highest BCUT2D eigenvalue weighted by atomic mass is 32.1. The summed E-state index contributed by atoms with van der Waals surface area (Å²) in [6.45, 7) is 5.93. The van der Waals surface area contributed by atoms with E-state index in [-0.39, 0.29) is 5.56 Å². The summed E-state index contributed by atoms with van der Waals surface area (Å²) in [5.74, 6) is -0.416. The van der Waals surface area contributed by atoms with Crippen molar-refractivity contribution in [1.29, 1.82) is 0 Å². The number of H-pyrrole nitrogens is 1. The molecule has 0 aliphatic rings. The lowest BCUT2D eigenvalue weighted by Gasteiger charge is -2.03. The molecule has 6 heteroatoms. The van der Waals surface area contributed by atoms with Crippen LogP contribution in [-0.4, -0.2) is 22.9 Å². The number of benzene rings is 1. The molecule has 2 heterocycles. The van der Waals surface area contributed by atoms with Gasteiger partial charge >= 0.3 is 5.97 Å². The third kappa shape index (κ3) is 2.96. The van der Waals surface area contributed by atoms with Gasteiger partial charge in [0.2, 0.25) is 0 Å². The maximum Gasteiger partial charge on any atom is 0.337 e. The summed E-state index contributed by atoms with van der Waals surface area (Å²) >= 11 is 1.62. The minimum Gasteiger partial charge on any atom is -0.465 e. The number of rotatable bonds is 3. The summed E-state index contributed by atoms with van der Waals surface area (Å²) in [6.07, 6.45) is 1.83. The molecule has 0 bridgehead atoms. The normalized spacial score (nSPS) is 11.7. The van der Waals surface area contributed by atoms with Gasteiger partial charge in [0.15, 0.2) is 0 Å². The Morgan fingerprint density at radius 3 is 2.54 bits per heavy atom. The number of aromatic nitrogens is 2. The summed E-state index contributed by atoms with van der Waals surface area (Å²) in [4.78, 5) is 26.3. The molecule has 0 spiro atoms. The van der Waals surface area contributed by atoms with Crippen LogP contribution in [0.15, 0.2) is 41.2 Å². The van der Waals surface area contributed by atoms with Crippen molar-refractivity contribution in [3.63, 3.8) is 0 Å². The zero-order chi connectivity index (χ0) is 17.3. The molecule has 0 radical (unpaired) electrons. The molecule has 24 heavy (non-hydrogen) atoms. The molecule has 0 atom stereocenters. The van der Waals surface area contributed by atoms with Gasteiger partial charge in [0, 0.05) is 9.75 Å². The third-order valence-corrected chi connectivity index (χ3v) is 4.55. The van der Waals surface area contributed by atoms with Crippen molar-refractivity contribution >= 4 is 30.0 Å². The number of carbonyl (C=O) groups is 1. The fraction of sp³-hybridized carbons (Fsp3) is 0.111. The van der Waals surface area contributed by atoms with E-state index in [1.54, 1.807) is 35.6 Å². The van der Waals surface area contributed by atoms with E-state index in [1.165, 1.54) is 16.7 Å². The molecule has 3 aromatic rings. The van der Waals surface area contributed by atoms with Crippen molar-refractivity contribution in [1.82, 2.24) is 9.78 Å². The maximum absolute atomic E-state index is 12.6. The van der Waals surface area contributed by atoms with Gasteiger partial charge in [0.1, 0.15) is 0 Å². The molecule has 1 N–H and O–H groups in total. The smallest absolute Gasteiger partial charge is 0.337 e. The molecule has 0 aliphatic heterocycles. The van der Waals surface area contributed by atoms with Gasteiger partial charge in [-0.05, 0) is 49.4 Å². The van der Waals surface area contributed by atoms with Gasteiger partial charge in [-0.1, -0.05) is 6.58 Å². The topological polar surface area (TPSA) is 64.1 Å². The van der Waals surface area contributed by atoms with Crippen LogP contribution in [0.5, 0.6) is 0 Å². The molecule has 2 aromatic heterocycles. The average molecular weight is 340 g/mol. The van der Waals surface area contributed by atoms with Crippen molar-refractivity contribution in [2.75, 3.05) is 7.11 Å². The fourth-order valence-electron chi connectivity index (χ4n) is 2.36. The largest absolute Gasteiger partial charge is 0.465 e. The Hall–Kier alpha value is -2.86. The number of nitrogens with one attached hydrogen (secondary N) is 1. The molecule has 1 aromatic carbocycles. The highest BCUT2D eigenvalue weighted by Crippen LogP contribution is 2.14. The number of ether oxygens (including phenoxy) is 1. The molecular weight excluding hydrogens is 324 g/mol. The zero-order valence-electron chi connectivity index (χ0n) is 13.3. The van der Waals surface area contributed by atoms with E-state index < -0.39 is 5.97 Å². The van der Waals surface area contributed by atoms with Crippen LogP contribution in [0, 0.1) is 6.92 Å². The predicted molar refractivity (Wildman–Crippen MR) is 95.1 cm³/mol. The molecule has 0 fully saturated rings. The third-order valence-electron chi connectivity index (χ3n) is 3.60. The van der Waals surface area contributed by atoms with Gasteiger partial charge in [0.25, 0.3) is 5.56 Å². The van der Waals surface area contributed by atoms with Crippen LogP contribution in [0.4, 0.5) is 0 Å². The van der Waals surface area contributed by atoms with E-state index in [0.29, 0.717) is 21.8 Å². The van der Waals surface area contributed by atoms with E-state index in [4.69, 9.17) is 0 Å². The number of aryl methyl sites for hydroxylation is 1. The zero-order valence-corrected chi connectivity index (χ0v) is 14.1. The van der Waals surface area contributed by atoms with E-state index in [1.807, 2.05) is 25.1 Å². The summed E-state index contributed by atoms with van der Waals surface area (Å²) in [6, 6.07) is 10.6. The quantitative estimate of drug-likeness (QED) is 0.736. The van der Waals surface area contributed by atoms with Gasteiger partial charge < -0.3 is 4.74 Å². The molecule has 0 amide bonds. The second-order valence-electron chi connectivity index (χ2n) is 5.28.